The molecule has 0 radical (unpaired) electrons. The van der Waals surface area contributed by atoms with Gasteiger partial charge in [0.1, 0.15) is 0 Å². The summed E-state index contributed by atoms with van der Waals surface area (Å²) in [4.78, 5) is 26.6. The molecule has 0 aliphatic carbocycles. The van der Waals surface area contributed by atoms with E-state index in [0.29, 0.717) is 21.4 Å². The van der Waals surface area contributed by atoms with E-state index in [1.165, 1.54) is 0 Å². The molecule has 3 rings (SSSR count). The topological polar surface area (TPSA) is 75.4 Å². The molecular formula is C21H23Cl2N3O2S. The van der Waals surface area contributed by atoms with Crippen molar-refractivity contribution in [2.24, 2.45) is 5.73 Å². The van der Waals surface area contributed by atoms with Gasteiger partial charge in [0.2, 0.25) is 5.91 Å². The average Bonchev–Trinajstić information content (AvgIpc) is 2.70. The van der Waals surface area contributed by atoms with Gasteiger partial charge in [0.25, 0.3) is 5.91 Å². The maximum absolute atomic E-state index is 12.7. The lowest BCUT2D eigenvalue weighted by Crippen LogP contribution is -2.46. The summed E-state index contributed by atoms with van der Waals surface area (Å²) < 4.78 is 0. The Morgan fingerprint density at radius 3 is 2.62 bits per heavy atom. The summed E-state index contributed by atoms with van der Waals surface area (Å²) in [6.07, 6.45) is 1.61. The summed E-state index contributed by atoms with van der Waals surface area (Å²) in [5.41, 5.74) is 6.92. The number of halogens is 2. The van der Waals surface area contributed by atoms with Crippen molar-refractivity contribution in [1.82, 2.24) is 10.2 Å². The van der Waals surface area contributed by atoms with Crippen LogP contribution in [-0.4, -0.2) is 42.4 Å². The Labute approximate surface area is 184 Å². The number of nitrogens with zero attached hydrogens (tertiary/aromatic N) is 1. The number of rotatable bonds is 7. The van der Waals surface area contributed by atoms with Gasteiger partial charge in [0.15, 0.2) is 0 Å². The molecule has 5 nitrogen and oxygen atoms in total. The second kappa shape index (κ2) is 10.3. The second-order valence-electron chi connectivity index (χ2n) is 7.05. The fourth-order valence-corrected chi connectivity index (χ4v) is 4.71. The van der Waals surface area contributed by atoms with E-state index in [9.17, 15) is 9.59 Å². The third kappa shape index (κ3) is 6.64. The van der Waals surface area contributed by atoms with Gasteiger partial charge in [-0.25, -0.2) is 0 Å². The molecule has 0 spiro atoms. The van der Waals surface area contributed by atoms with Gasteiger partial charge >= 0.3 is 0 Å². The minimum atomic E-state index is -0.318. The molecule has 1 saturated heterocycles. The molecule has 0 atom stereocenters. The van der Waals surface area contributed by atoms with Crippen molar-refractivity contribution >= 4 is 46.8 Å². The zero-order valence-electron chi connectivity index (χ0n) is 15.9. The van der Waals surface area contributed by atoms with Crippen LogP contribution in [0.4, 0.5) is 0 Å². The zero-order valence-corrected chi connectivity index (χ0v) is 18.2. The number of amides is 2. The summed E-state index contributed by atoms with van der Waals surface area (Å²) in [5.74, 6) is 0.291. The second-order valence-corrected chi connectivity index (χ2v) is 8.91. The van der Waals surface area contributed by atoms with Gasteiger partial charge in [-0.3, -0.25) is 14.5 Å². The van der Waals surface area contributed by atoms with Crippen molar-refractivity contribution in [1.29, 1.82) is 0 Å². The number of carbonyl (C=O) groups is 2. The number of piperidine rings is 1. The molecule has 1 heterocycles. The van der Waals surface area contributed by atoms with Crippen LogP contribution in [-0.2, 0) is 10.5 Å². The number of primary amides is 1. The number of hydrogen-bond acceptors (Lipinski definition) is 4. The van der Waals surface area contributed by atoms with Crippen LogP contribution in [0.15, 0.2) is 47.4 Å². The molecule has 3 N–H and O–H groups in total. The normalized spacial score (nSPS) is 15.2. The lowest BCUT2D eigenvalue weighted by Gasteiger charge is -2.31. The van der Waals surface area contributed by atoms with E-state index in [1.807, 2.05) is 35.2 Å². The van der Waals surface area contributed by atoms with Crippen LogP contribution in [0, 0.1) is 0 Å². The van der Waals surface area contributed by atoms with Gasteiger partial charge in [-0.1, -0.05) is 35.3 Å². The third-order valence-electron chi connectivity index (χ3n) is 4.78. The predicted molar refractivity (Wildman–Crippen MR) is 119 cm³/mol. The summed E-state index contributed by atoms with van der Waals surface area (Å²) in [5, 5.41) is 4.41. The van der Waals surface area contributed by atoms with E-state index >= 15 is 0 Å². The molecule has 2 aromatic carbocycles. The first kappa shape index (κ1) is 22.0. The smallest absolute Gasteiger partial charge is 0.251 e. The van der Waals surface area contributed by atoms with Gasteiger partial charge in [-0.05, 0) is 48.7 Å². The Balaban J connectivity index is 1.54. The van der Waals surface area contributed by atoms with Crippen molar-refractivity contribution in [2.45, 2.75) is 29.5 Å². The first-order valence-corrected chi connectivity index (χ1v) is 11.1. The van der Waals surface area contributed by atoms with E-state index in [4.69, 9.17) is 28.9 Å². The van der Waals surface area contributed by atoms with E-state index in [-0.39, 0.29) is 24.4 Å². The number of hydrogen-bond donors (Lipinski definition) is 2. The summed E-state index contributed by atoms with van der Waals surface area (Å²) in [7, 11) is 0. The van der Waals surface area contributed by atoms with Gasteiger partial charge in [0, 0.05) is 40.4 Å². The standard InChI is InChI=1S/C21H23Cl2N3O2S/c22-16-4-5-18(23)19(11-16)29-13-14-2-1-3-15(10-14)21(28)25-17-6-8-26(9-7-17)12-20(24)27/h1-5,10-11,17H,6-9,12-13H2,(H2,24,27)(H,25,28). The van der Waals surface area contributed by atoms with Crippen LogP contribution in [0.25, 0.3) is 0 Å². The van der Waals surface area contributed by atoms with Gasteiger partial charge in [0.05, 0.1) is 11.6 Å². The maximum atomic E-state index is 12.7. The maximum Gasteiger partial charge on any atom is 0.251 e. The molecule has 154 valence electrons. The lowest BCUT2D eigenvalue weighted by molar-refractivity contribution is -0.119. The quantitative estimate of drug-likeness (QED) is 0.624. The fraction of sp³-hybridized carbons (Fsp3) is 0.333. The molecule has 0 bridgehead atoms. The number of benzene rings is 2. The van der Waals surface area contributed by atoms with E-state index in [0.717, 1.165) is 36.4 Å². The lowest BCUT2D eigenvalue weighted by atomic mass is 10.0. The predicted octanol–water partition coefficient (Wildman–Crippen LogP) is 3.97. The largest absolute Gasteiger partial charge is 0.369 e. The Bertz CT molecular complexity index is 886. The number of nitrogens with one attached hydrogen (secondary N) is 1. The number of nitrogens with two attached hydrogens (primary N) is 1. The first-order chi connectivity index (χ1) is 13.9. The van der Waals surface area contributed by atoms with Crippen LogP contribution in [0.2, 0.25) is 10.0 Å². The first-order valence-electron chi connectivity index (χ1n) is 9.39. The van der Waals surface area contributed by atoms with Crippen LogP contribution >= 0.6 is 35.0 Å². The average molecular weight is 452 g/mol. The number of carbonyl (C=O) groups excluding carboxylic acids is 2. The van der Waals surface area contributed by atoms with Gasteiger partial charge < -0.3 is 11.1 Å². The van der Waals surface area contributed by atoms with E-state index < -0.39 is 0 Å². The minimum absolute atomic E-state index is 0.0778. The number of likely N-dealkylation sites (tertiary alicyclic amines) is 1. The molecular weight excluding hydrogens is 429 g/mol. The molecule has 0 unspecified atom stereocenters. The SMILES string of the molecule is NC(=O)CN1CCC(NC(=O)c2cccc(CSc3cc(Cl)ccc3Cl)c2)CC1. The molecule has 8 heteroatoms. The van der Waals surface area contributed by atoms with Gasteiger partial charge in [-0.15, -0.1) is 11.8 Å². The molecule has 2 aromatic rings. The Morgan fingerprint density at radius 2 is 1.90 bits per heavy atom. The molecule has 1 fully saturated rings. The molecule has 1 aliphatic rings. The molecule has 0 aromatic heterocycles. The van der Waals surface area contributed by atoms with Crippen LogP contribution in [0.3, 0.4) is 0 Å². The summed E-state index contributed by atoms with van der Waals surface area (Å²) in [6.45, 7) is 1.78. The highest BCUT2D eigenvalue weighted by Crippen LogP contribution is 2.32. The van der Waals surface area contributed by atoms with Crippen LogP contribution in [0.5, 0.6) is 0 Å². The monoisotopic (exact) mass is 451 g/mol. The van der Waals surface area contributed by atoms with Gasteiger partial charge in [-0.2, -0.15) is 0 Å². The highest BCUT2D eigenvalue weighted by molar-refractivity contribution is 7.98. The Morgan fingerprint density at radius 1 is 1.14 bits per heavy atom. The van der Waals surface area contributed by atoms with Crippen LogP contribution < -0.4 is 11.1 Å². The Kier molecular flexibility index (Phi) is 7.84. The number of thioether (sulfide) groups is 1. The van der Waals surface area contributed by atoms with Crippen LogP contribution in [0.1, 0.15) is 28.8 Å². The Hall–Kier alpha value is -1.73. The van der Waals surface area contributed by atoms with Crippen molar-refractivity contribution in [3.8, 4) is 0 Å². The van der Waals surface area contributed by atoms with Crippen molar-refractivity contribution in [3.63, 3.8) is 0 Å². The highest BCUT2D eigenvalue weighted by Gasteiger charge is 2.22. The van der Waals surface area contributed by atoms with E-state index in [2.05, 4.69) is 5.32 Å². The fourth-order valence-electron chi connectivity index (χ4n) is 3.28. The zero-order chi connectivity index (χ0) is 20.8. The summed E-state index contributed by atoms with van der Waals surface area (Å²) in [6, 6.07) is 13.1. The van der Waals surface area contributed by atoms with Crippen molar-refractivity contribution < 1.29 is 9.59 Å². The van der Waals surface area contributed by atoms with Crippen molar-refractivity contribution in [3.05, 3.63) is 63.6 Å². The molecule has 2 amide bonds. The third-order valence-corrected chi connectivity index (χ3v) is 6.58. The minimum Gasteiger partial charge on any atom is -0.369 e. The highest BCUT2D eigenvalue weighted by atomic mass is 35.5. The van der Waals surface area contributed by atoms with E-state index in [1.54, 1.807) is 23.9 Å². The molecule has 29 heavy (non-hydrogen) atoms. The molecule has 1 aliphatic heterocycles. The molecule has 0 saturated carbocycles. The summed E-state index contributed by atoms with van der Waals surface area (Å²) >= 11 is 13.8. The van der Waals surface area contributed by atoms with Crippen molar-refractivity contribution in [2.75, 3.05) is 19.6 Å².